The Hall–Kier alpha value is -4.41. The Morgan fingerprint density at radius 1 is 1.08 bits per heavy atom. The van der Waals surface area contributed by atoms with Gasteiger partial charge in [0.15, 0.2) is 0 Å². The van der Waals surface area contributed by atoms with Crippen molar-refractivity contribution in [3.05, 3.63) is 77.7 Å². The summed E-state index contributed by atoms with van der Waals surface area (Å²) in [5.74, 6) is 0.789. The SMILES string of the molecule is Cc1ccc(NC(=O)c2cccc(C(F)(F)F)c2)cc1Nc1c(-c2cc(NC3CC3)ncn2)cnn1C. The average molecular weight is 508 g/mol. The van der Waals surface area contributed by atoms with Gasteiger partial charge in [0.2, 0.25) is 0 Å². The highest BCUT2D eigenvalue weighted by Crippen LogP contribution is 2.33. The number of hydrogen-bond donors (Lipinski definition) is 3. The normalized spacial score (nSPS) is 13.3. The maximum Gasteiger partial charge on any atom is 0.416 e. The molecule has 0 bridgehead atoms. The van der Waals surface area contributed by atoms with Crippen LogP contribution in [0.25, 0.3) is 11.3 Å². The smallest absolute Gasteiger partial charge is 0.367 e. The van der Waals surface area contributed by atoms with E-state index in [4.69, 9.17) is 0 Å². The number of alkyl halides is 3. The lowest BCUT2D eigenvalue weighted by Gasteiger charge is -2.15. The van der Waals surface area contributed by atoms with E-state index in [-0.39, 0.29) is 5.56 Å². The summed E-state index contributed by atoms with van der Waals surface area (Å²) in [6.07, 6.45) is 0.931. The Labute approximate surface area is 211 Å². The summed E-state index contributed by atoms with van der Waals surface area (Å²) in [5, 5.41) is 13.8. The monoisotopic (exact) mass is 507 g/mol. The van der Waals surface area contributed by atoms with Crippen LogP contribution in [-0.4, -0.2) is 31.7 Å². The Bertz CT molecular complexity index is 1460. The summed E-state index contributed by atoms with van der Waals surface area (Å²) in [6.45, 7) is 1.90. The minimum absolute atomic E-state index is 0.0850. The summed E-state index contributed by atoms with van der Waals surface area (Å²) in [7, 11) is 1.80. The van der Waals surface area contributed by atoms with Crippen molar-refractivity contribution in [3.63, 3.8) is 0 Å². The van der Waals surface area contributed by atoms with Gasteiger partial charge in [0, 0.05) is 36.1 Å². The largest absolute Gasteiger partial charge is 0.416 e. The van der Waals surface area contributed by atoms with Gasteiger partial charge < -0.3 is 16.0 Å². The molecule has 1 fully saturated rings. The van der Waals surface area contributed by atoms with Crippen molar-refractivity contribution < 1.29 is 18.0 Å². The molecule has 37 heavy (non-hydrogen) atoms. The second-order valence-electron chi connectivity index (χ2n) is 8.92. The van der Waals surface area contributed by atoms with Crippen LogP contribution in [0.2, 0.25) is 0 Å². The molecule has 0 aliphatic heterocycles. The molecule has 8 nitrogen and oxygen atoms in total. The zero-order chi connectivity index (χ0) is 26.2. The maximum absolute atomic E-state index is 13.0. The minimum atomic E-state index is -4.53. The zero-order valence-electron chi connectivity index (χ0n) is 20.1. The first-order valence-corrected chi connectivity index (χ1v) is 11.6. The maximum atomic E-state index is 13.0. The molecule has 1 amide bonds. The van der Waals surface area contributed by atoms with Gasteiger partial charge >= 0.3 is 6.18 Å². The van der Waals surface area contributed by atoms with Gasteiger partial charge in [0.25, 0.3) is 5.91 Å². The number of aryl methyl sites for hydroxylation is 2. The van der Waals surface area contributed by atoms with Crippen LogP contribution in [0.15, 0.2) is 61.1 Å². The van der Waals surface area contributed by atoms with E-state index < -0.39 is 17.6 Å². The van der Waals surface area contributed by atoms with Crippen LogP contribution in [0.3, 0.4) is 0 Å². The van der Waals surface area contributed by atoms with E-state index in [1.807, 2.05) is 19.1 Å². The van der Waals surface area contributed by atoms with Crippen molar-refractivity contribution in [2.45, 2.75) is 32.0 Å². The molecule has 0 spiro atoms. The Balaban J connectivity index is 1.38. The molecule has 190 valence electrons. The van der Waals surface area contributed by atoms with E-state index in [1.54, 1.807) is 30.1 Å². The molecule has 1 aliphatic rings. The predicted molar refractivity (Wildman–Crippen MR) is 135 cm³/mol. The van der Waals surface area contributed by atoms with Gasteiger partial charge in [-0.1, -0.05) is 12.1 Å². The van der Waals surface area contributed by atoms with Gasteiger partial charge in [0.1, 0.15) is 18.0 Å². The molecule has 2 aromatic heterocycles. The number of aromatic nitrogens is 4. The summed E-state index contributed by atoms with van der Waals surface area (Å²) in [4.78, 5) is 21.4. The van der Waals surface area contributed by atoms with Crippen LogP contribution < -0.4 is 16.0 Å². The third-order valence-corrected chi connectivity index (χ3v) is 6.01. The van der Waals surface area contributed by atoms with Crippen LogP contribution in [0.5, 0.6) is 0 Å². The van der Waals surface area contributed by atoms with Crippen molar-refractivity contribution in [3.8, 4) is 11.3 Å². The zero-order valence-corrected chi connectivity index (χ0v) is 20.1. The second-order valence-corrected chi connectivity index (χ2v) is 8.92. The Kier molecular flexibility index (Phi) is 6.28. The van der Waals surface area contributed by atoms with E-state index in [0.29, 0.717) is 28.9 Å². The fraction of sp³-hybridized carbons (Fsp3) is 0.231. The molecule has 2 aromatic carbocycles. The van der Waals surface area contributed by atoms with E-state index in [1.165, 1.54) is 18.5 Å². The van der Waals surface area contributed by atoms with E-state index >= 15 is 0 Å². The molecule has 1 aliphatic carbocycles. The van der Waals surface area contributed by atoms with Crippen LogP contribution in [0.4, 0.5) is 36.2 Å². The molecular formula is C26H24F3N7O. The lowest BCUT2D eigenvalue weighted by Crippen LogP contribution is -2.14. The standard InChI is InChI=1S/C26H24F3N7O/c1-15-6-7-19(34-25(37)16-4-3-5-17(10-16)26(27,28)29)11-21(15)35-24-20(13-32-36(24)2)22-12-23(31-14-30-22)33-18-8-9-18/h3-7,10-14,18,35H,8-9H2,1-2H3,(H,34,37)(H,30,31,33). The first-order valence-electron chi connectivity index (χ1n) is 11.6. The molecule has 0 saturated heterocycles. The third kappa shape index (κ3) is 5.55. The first kappa shape index (κ1) is 24.3. The number of halogens is 3. The van der Waals surface area contributed by atoms with Gasteiger partial charge in [-0.15, -0.1) is 0 Å². The summed E-state index contributed by atoms with van der Waals surface area (Å²) in [5.41, 5.74) is 2.51. The fourth-order valence-corrected chi connectivity index (χ4v) is 3.80. The lowest BCUT2D eigenvalue weighted by molar-refractivity contribution is -0.137. The molecule has 0 unspecified atom stereocenters. The molecule has 0 atom stereocenters. The van der Waals surface area contributed by atoms with Crippen LogP contribution in [0.1, 0.15) is 34.3 Å². The van der Waals surface area contributed by atoms with Crippen LogP contribution in [-0.2, 0) is 13.2 Å². The van der Waals surface area contributed by atoms with Gasteiger partial charge in [-0.25, -0.2) is 9.97 Å². The van der Waals surface area contributed by atoms with Gasteiger partial charge in [-0.3, -0.25) is 9.48 Å². The number of nitrogens with one attached hydrogen (secondary N) is 3. The molecule has 4 aromatic rings. The lowest BCUT2D eigenvalue weighted by atomic mass is 10.1. The van der Waals surface area contributed by atoms with E-state index in [9.17, 15) is 18.0 Å². The summed E-state index contributed by atoms with van der Waals surface area (Å²) < 4.78 is 40.8. The topological polar surface area (TPSA) is 96.8 Å². The van der Waals surface area contributed by atoms with E-state index in [2.05, 4.69) is 31.0 Å². The molecule has 1 saturated carbocycles. The molecule has 2 heterocycles. The average Bonchev–Trinajstić information content (AvgIpc) is 3.61. The Morgan fingerprint density at radius 2 is 1.89 bits per heavy atom. The molecule has 5 rings (SSSR count). The Morgan fingerprint density at radius 3 is 2.65 bits per heavy atom. The number of anilines is 4. The quantitative estimate of drug-likeness (QED) is 0.294. The van der Waals surface area contributed by atoms with Gasteiger partial charge in [-0.05, 0) is 55.7 Å². The van der Waals surface area contributed by atoms with Crippen molar-refractivity contribution >= 4 is 28.9 Å². The second kappa shape index (κ2) is 9.57. The number of rotatable bonds is 7. The minimum Gasteiger partial charge on any atom is -0.367 e. The highest BCUT2D eigenvalue weighted by Gasteiger charge is 2.31. The molecular weight excluding hydrogens is 483 g/mol. The van der Waals surface area contributed by atoms with E-state index in [0.717, 1.165) is 41.9 Å². The van der Waals surface area contributed by atoms with Crippen LogP contribution >= 0.6 is 0 Å². The highest BCUT2D eigenvalue weighted by atomic mass is 19.4. The van der Waals surface area contributed by atoms with Crippen molar-refractivity contribution in [1.82, 2.24) is 19.7 Å². The summed E-state index contributed by atoms with van der Waals surface area (Å²) in [6, 6.07) is 11.9. The third-order valence-electron chi connectivity index (χ3n) is 6.01. The first-order chi connectivity index (χ1) is 17.7. The van der Waals surface area contributed by atoms with Crippen molar-refractivity contribution in [2.24, 2.45) is 7.05 Å². The number of amides is 1. The fourth-order valence-electron chi connectivity index (χ4n) is 3.80. The predicted octanol–water partition coefficient (Wildman–Crippen LogP) is 5.77. The number of carbonyl (C=O) groups is 1. The molecule has 0 radical (unpaired) electrons. The van der Waals surface area contributed by atoms with Crippen LogP contribution in [0, 0.1) is 6.92 Å². The number of hydrogen-bond acceptors (Lipinski definition) is 6. The summed E-state index contributed by atoms with van der Waals surface area (Å²) >= 11 is 0. The van der Waals surface area contributed by atoms with Crippen molar-refractivity contribution in [1.29, 1.82) is 0 Å². The molecule has 3 N–H and O–H groups in total. The molecule has 11 heteroatoms. The van der Waals surface area contributed by atoms with Gasteiger partial charge in [-0.2, -0.15) is 18.3 Å². The van der Waals surface area contributed by atoms with Crippen molar-refractivity contribution in [2.75, 3.05) is 16.0 Å². The number of carbonyl (C=O) groups excluding carboxylic acids is 1. The number of nitrogens with zero attached hydrogens (tertiary/aromatic N) is 4. The highest BCUT2D eigenvalue weighted by molar-refractivity contribution is 6.04. The number of benzene rings is 2. The van der Waals surface area contributed by atoms with Gasteiger partial charge in [0.05, 0.1) is 23.0 Å².